The SMILES string of the molecule is C=CC(=O)N1CCC(c2c[nH]c3ncnc(Nc4ccc(Oc5ccnc(NC(=O)C6CCCC6)c5)c(Cl)c4)c23)CC1. The van der Waals surface area contributed by atoms with Crippen LogP contribution < -0.4 is 15.4 Å². The van der Waals surface area contributed by atoms with Crippen molar-refractivity contribution in [1.29, 1.82) is 0 Å². The lowest BCUT2D eigenvalue weighted by molar-refractivity contribution is -0.127. The molecule has 10 nitrogen and oxygen atoms in total. The first kappa shape index (κ1) is 27.7. The number of nitrogens with one attached hydrogen (secondary N) is 3. The number of hydrogen-bond acceptors (Lipinski definition) is 7. The molecule has 216 valence electrons. The predicted octanol–water partition coefficient (Wildman–Crippen LogP) is 6.56. The number of ether oxygens (including phenoxy) is 1. The molecule has 1 aromatic carbocycles. The van der Waals surface area contributed by atoms with Gasteiger partial charge < -0.3 is 25.3 Å². The molecule has 2 aliphatic rings. The zero-order chi connectivity index (χ0) is 29.1. The quantitative estimate of drug-likeness (QED) is 0.200. The van der Waals surface area contributed by atoms with Crippen molar-refractivity contribution in [3.63, 3.8) is 0 Å². The number of rotatable bonds is 8. The summed E-state index contributed by atoms with van der Waals surface area (Å²) in [6, 6.07) is 8.84. The highest BCUT2D eigenvalue weighted by Gasteiger charge is 2.26. The first-order valence-corrected chi connectivity index (χ1v) is 14.6. The summed E-state index contributed by atoms with van der Waals surface area (Å²) in [6.45, 7) is 4.96. The molecule has 11 heteroatoms. The Hall–Kier alpha value is -4.44. The molecule has 2 fully saturated rings. The van der Waals surface area contributed by atoms with Gasteiger partial charge in [0, 0.05) is 43.2 Å². The van der Waals surface area contributed by atoms with Crippen LogP contribution in [-0.4, -0.2) is 49.7 Å². The van der Waals surface area contributed by atoms with Gasteiger partial charge in [0.1, 0.15) is 35.1 Å². The molecule has 4 heterocycles. The molecule has 3 N–H and O–H groups in total. The number of likely N-dealkylation sites (tertiary alicyclic amines) is 1. The van der Waals surface area contributed by atoms with Crippen LogP contribution in [0.1, 0.15) is 50.0 Å². The summed E-state index contributed by atoms with van der Waals surface area (Å²) in [5, 5.41) is 7.63. The number of nitrogens with zero attached hydrogens (tertiary/aromatic N) is 4. The predicted molar refractivity (Wildman–Crippen MR) is 162 cm³/mol. The molecule has 0 unspecified atom stereocenters. The summed E-state index contributed by atoms with van der Waals surface area (Å²) < 4.78 is 6.04. The van der Waals surface area contributed by atoms with Crippen LogP contribution in [0.3, 0.4) is 0 Å². The molecule has 0 bridgehead atoms. The normalized spacial score (nSPS) is 16.0. The number of halogens is 1. The number of carbonyl (C=O) groups is 2. The van der Waals surface area contributed by atoms with Gasteiger partial charge in [-0.2, -0.15) is 0 Å². The fourth-order valence-corrected chi connectivity index (χ4v) is 6.05. The Morgan fingerprint density at radius 1 is 1.07 bits per heavy atom. The van der Waals surface area contributed by atoms with Crippen molar-refractivity contribution >= 4 is 51.8 Å². The summed E-state index contributed by atoms with van der Waals surface area (Å²) >= 11 is 6.63. The van der Waals surface area contributed by atoms with Crippen LogP contribution in [0.5, 0.6) is 11.5 Å². The second-order valence-corrected chi connectivity index (χ2v) is 11.1. The lowest BCUT2D eigenvalue weighted by Crippen LogP contribution is -2.36. The number of aromatic nitrogens is 4. The van der Waals surface area contributed by atoms with Crippen LogP contribution in [0.2, 0.25) is 5.02 Å². The highest BCUT2D eigenvalue weighted by molar-refractivity contribution is 6.32. The van der Waals surface area contributed by atoms with Gasteiger partial charge in [-0.25, -0.2) is 15.0 Å². The van der Waals surface area contributed by atoms with Gasteiger partial charge in [-0.1, -0.05) is 31.0 Å². The largest absolute Gasteiger partial charge is 0.456 e. The van der Waals surface area contributed by atoms with Crippen LogP contribution in [-0.2, 0) is 9.59 Å². The average Bonchev–Trinajstić information content (AvgIpc) is 3.70. The van der Waals surface area contributed by atoms with Crippen LogP contribution >= 0.6 is 11.6 Å². The number of piperidine rings is 1. The van der Waals surface area contributed by atoms with Gasteiger partial charge >= 0.3 is 0 Å². The van der Waals surface area contributed by atoms with Crippen LogP contribution in [0.15, 0.2) is 61.7 Å². The Bertz CT molecular complexity index is 1620. The Labute approximate surface area is 248 Å². The summed E-state index contributed by atoms with van der Waals surface area (Å²) in [5.41, 5.74) is 2.61. The lowest BCUT2D eigenvalue weighted by atomic mass is 9.89. The van der Waals surface area contributed by atoms with E-state index in [9.17, 15) is 9.59 Å². The van der Waals surface area contributed by atoms with Crippen molar-refractivity contribution in [3.8, 4) is 11.5 Å². The maximum atomic E-state index is 12.5. The number of aromatic amines is 1. The van der Waals surface area contributed by atoms with E-state index in [0.29, 0.717) is 41.2 Å². The van der Waals surface area contributed by atoms with Gasteiger partial charge in [0.25, 0.3) is 0 Å². The van der Waals surface area contributed by atoms with Crippen molar-refractivity contribution in [2.45, 2.75) is 44.4 Å². The molecule has 0 radical (unpaired) electrons. The maximum absolute atomic E-state index is 12.5. The number of anilines is 3. The van der Waals surface area contributed by atoms with Gasteiger partial charge in [-0.05, 0) is 67.5 Å². The van der Waals surface area contributed by atoms with E-state index >= 15 is 0 Å². The van der Waals surface area contributed by atoms with E-state index in [1.807, 2.05) is 17.2 Å². The van der Waals surface area contributed by atoms with Gasteiger partial charge in [0.15, 0.2) is 0 Å². The molecule has 0 spiro atoms. The second-order valence-electron chi connectivity index (χ2n) is 10.7. The molecule has 0 atom stereocenters. The van der Waals surface area contributed by atoms with Crippen LogP contribution in [0.25, 0.3) is 11.0 Å². The zero-order valence-electron chi connectivity index (χ0n) is 23.1. The van der Waals surface area contributed by atoms with Crippen molar-refractivity contribution in [2.75, 3.05) is 23.7 Å². The summed E-state index contributed by atoms with van der Waals surface area (Å²) in [4.78, 5) is 42.8. The van der Waals surface area contributed by atoms with E-state index in [1.165, 1.54) is 12.4 Å². The van der Waals surface area contributed by atoms with Gasteiger partial charge in [-0.3, -0.25) is 9.59 Å². The van der Waals surface area contributed by atoms with Crippen molar-refractivity contribution in [1.82, 2.24) is 24.8 Å². The Balaban J connectivity index is 1.15. The van der Waals surface area contributed by atoms with E-state index in [-0.39, 0.29) is 23.7 Å². The number of hydrogen-bond donors (Lipinski definition) is 3. The van der Waals surface area contributed by atoms with Crippen molar-refractivity contribution in [3.05, 3.63) is 72.3 Å². The maximum Gasteiger partial charge on any atom is 0.245 e. The zero-order valence-corrected chi connectivity index (χ0v) is 23.9. The van der Waals surface area contributed by atoms with Crippen molar-refractivity contribution in [2.24, 2.45) is 5.92 Å². The molecule has 4 aromatic rings. The third-order valence-corrected chi connectivity index (χ3v) is 8.35. The minimum absolute atomic E-state index is 0.00303. The lowest BCUT2D eigenvalue weighted by Gasteiger charge is -2.31. The molecule has 1 aliphatic carbocycles. The van der Waals surface area contributed by atoms with Crippen molar-refractivity contribution < 1.29 is 14.3 Å². The smallest absolute Gasteiger partial charge is 0.245 e. The number of benzene rings is 1. The van der Waals surface area contributed by atoms with Crippen LogP contribution in [0, 0.1) is 5.92 Å². The molecule has 1 saturated carbocycles. The molecule has 3 aromatic heterocycles. The highest BCUT2D eigenvalue weighted by Crippen LogP contribution is 2.38. The minimum atomic E-state index is -0.0298. The van der Waals surface area contributed by atoms with E-state index in [1.54, 1.807) is 30.5 Å². The Morgan fingerprint density at radius 2 is 1.88 bits per heavy atom. The van der Waals surface area contributed by atoms with Gasteiger partial charge in [-0.15, -0.1) is 0 Å². The van der Waals surface area contributed by atoms with E-state index in [0.717, 1.165) is 60.8 Å². The van der Waals surface area contributed by atoms with E-state index < -0.39 is 0 Å². The number of H-pyrrole nitrogens is 1. The summed E-state index contributed by atoms with van der Waals surface area (Å²) in [6.07, 6.45) is 12.2. The molecular formula is C31H32ClN7O3. The summed E-state index contributed by atoms with van der Waals surface area (Å²) in [5.74, 6) is 2.40. The number of pyridine rings is 1. The number of amides is 2. The fraction of sp³-hybridized carbons (Fsp3) is 0.323. The molecule has 6 rings (SSSR count). The minimum Gasteiger partial charge on any atom is -0.456 e. The molecular weight excluding hydrogens is 554 g/mol. The molecule has 2 amide bonds. The Morgan fingerprint density at radius 3 is 2.64 bits per heavy atom. The summed E-state index contributed by atoms with van der Waals surface area (Å²) in [7, 11) is 0. The second kappa shape index (κ2) is 12.2. The first-order valence-electron chi connectivity index (χ1n) is 14.2. The van der Waals surface area contributed by atoms with Crippen LogP contribution in [0.4, 0.5) is 17.3 Å². The first-order chi connectivity index (χ1) is 20.5. The Kier molecular flexibility index (Phi) is 8.05. The standard InChI is InChI=1S/C31H32ClN7O3/c1-2-27(40)39-13-10-19(11-14-39)23-17-34-29-28(23)30(36-18-35-29)37-21-7-8-25(24(32)15-21)42-22-9-12-33-26(16-22)38-31(41)20-5-3-4-6-20/h2,7-9,12,15-20H,1,3-6,10-11,13-14H2,(H,33,38,41)(H2,34,35,36,37). The number of fused-ring (bicyclic) bond motifs is 1. The topological polar surface area (TPSA) is 125 Å². The monoisotopic (exact) mass is 585 g/mol. The average molecular weight is 586 g/mol. The van der Waals surface area contributed by atoms with E-state index in [4.69, 9.17) is 16.3 Å². The van der Waals surface area contributed by atoms with Gasteiger partial charge in [0.2, 0.25) is 11.8 Å². The molecule has 1 saturated heterocycles. The fourth-order valence-electron chi connectivity index (χ4n) is 5.83. The van der Waals surface area contributed by atoms with E-state index in [2.05, 4.69) is 37.1 Å². The molecule has 42 heavy (non-hydrogen) atoms. The third-order valence-electron chi connectivity index (χ3n) is 8.05. The third kappa shape index (κ3) is 5.94. The molecule has 1 aliphatic heterocycles. The number of carbonyl (C=O) groups excluding carboxylic acids is 2. The highest BCUT2D eigenvalue weighted by atomic mass is 35.5. The van der Waals surface area contributed by atoms with Gasteiger partial charge in [0.05, 0.1) is 10.4 Å².